The molecule has 2 aromatic heterocycles. The van der Waals surface area contributed by atoms with Gasteiger partial charge in [-0.05, 0) is 18.8 Å². The standard InChI is InChI=1S/C14H20N4O/c1-10(2)8-11-9-12(17-19-11)14-16-15-13-6-4-3-5-7-18(13)14/h9-10H,3-8H2,1-2H3. The van der Waals surface area contributed by atoms with E-state index in [0.717, 1.165) is 42.5 Å². The molecule has 0 saturated heterocycles. The number of hydrogen-bond donors (Lipinski definition) is 0. The van der Waals surface area contributed by atoms with Crippen molar-refractivity contribution in [1.82, 2.24) is 19.9 Å². The third-order valence-corrected chi connectivity index (χ3v) is 3.51. The lowest BCUT2D eigenvalue weighted by Crippen LogP contribution is -2.02. The van der Waals surface area contributed by atoms with Crippen molar-refractivity contribution in [3.63, 3.8) is 0 Å². The Morgan fingerprint density at radius 3 is 3.00 bits per heavy atom. The van der Waals surface area contributed by atoms with E-state index in [1.807, 2.05) is 6.07 Å². The molecule has 0 aliphatic carbocycles. The highest BCUT2D eigenvalue weighted by Crippen LogP contribution is 2.23. The first-order valence-corrected chi connectivity index (χ1v) is 7.12. The summed E-state index contributed by atoms with van der Waals surface area (Å²) in [6.07, 6.45) is 5.59. The maximum absolute atomic E-state index is 5.39. The van der Waals surface area contributed by atoms with Crippen LogP contribution in [0, 0.1) is 5.92 Å². The van der Waals surface area contributed by atoms with Gasteiger partial charge < -0.3 is 9.09 Å². The van der Waals surface area contributed by atoms with Crippen LogP contribution in [0.2, 0.25) is 0 Å². The van der Waals surface area contributed by atoms with Gasteiger partial charge in [-0.1, -0.05) is 25.4 Å². The maximum atomic E-state index is 5.39. The summed E-state index contributed by atoms with van der Waals surface area (Å²) in [7, 11) is 0. The normalized spacial score (nSPS) is 15.5. The zero-order valence-electron chi connectivity index (χ0n) is 11.6. The summed E-state index contributed by atoms with van der Waals surface area (Å²) in [6.45, 7) is 5.33. The minimum atomic E-state index is 0.566. The van der Waals surface area contributed by atoms with E-state index >= 15 is 0 Å². The van der Waals surface area contributed by atoms with Crippen LogP contribution in [0.15, 0.2) is 10.6 Å². The number of aromatic nitrogens is 4. The third kappa shape index (κ3) is 2.55. The quantitative estimate of drug-likeness (QED) is 0.851. The van der Waals surface area contributed by atoms with Gasteiger partial charge in [-0.3, -0.25) is 0 Å². The van der Waals surface area contributed by atoms with E-state index in [4.69, 9.17) is 4.52 Å². The van der Waals surface area contributed by atoms with Crippen molar-refractivity contribution in [2.45, 2.75) is 52.5 Å². The van der Waals surface area contributed by atoms with Crippen LogP contribution in [0.4, 0.5) is 0 Å². The molecular formula is C14H20N4O. The largest absolute Gasteiger partial charge is 0.361 e. The number of nitrogens with zero attached hydrogens (tertiary/aromatic N) is 4. The predicted molar refractivity (Wildman–Crippen MR) is 71.6 cm³/mol. The molecule has 3 rings (SSSR count). The Labute approximate surface area is 113 Å². The van der Waals surface area contributed by atoms with Crippen molar-refractivity contribution in [2.75, 3.05) is 0 Å². The Morgan fingerprint density at radius 1 is 1.26 bits per heavy atom. The van der Waals surface area contributed by atoms with Crippen molar-refractivity contribution in [1.29, 1.82) is 0 Å². The number of hydrogen-bond acceptors (Lipinski definition) is 4. The highest BCUT2D eigenvalue weighted by molar-refractivity contribution is 5.49. The molecule has 0 unspecified atom stereocenters. The highest BCUT2D eigenvalue weighted by atomic mass is 16.5. The van der Waals surface area contributed by atoms with Gasteiger partial charge in [0, 0.05) is 25.5 Å². The molecule has 0 spiro atoms. The zero-order valence-corrected chi connectivity index (χ0v) is 11.6. The average molecular weight is 260 g/mol. The third-order valence-electron chi connectivity index (χ3n) is 3.51. The first-order valence-electron chi connectivity index (χ1n) is 7.12. The second-order valence-electron chi connectivity index (χ2n) is 5.68. The Morgan fingerprint density at radius 2 is 2.16 bits per heavy atom. The van der Waals surface area contributed by atoms with Crippen LogP contribution in [-0.2, 0) is 19.4 Å². The highest BCUT2D eigenvalue weighted by Gasteiger charge is 2.19. The SMILES string of the molecule is CC(C)Cc1cc(-c2nnc3n2CCCCC3)no1. The van der Waals surface area contributed by atoms with E-state index in [9.17, 15) is 0 Å². The Balaban J connectivity index is 1.89. The van der Waals surface area contributed by atoms with Gasteiger partial charge in [0.1, 0.15) is 11.6 Å². The number of fused-ring (bicyclic) bond motifs is 1. The molecule has 0 amide bonds. The average Bonchev–Trinajstić information content (AvgIpc) is 2.90. The minimum Gasteiger partial charge on any atom is -0.361 e. The molecule has 102 valence electrons. The molecule has 3 heterocycles. The van der Waals surface area contributed by atoms with Crippen LogP contribution < -0.4 is 0 Å². The smallest absolute Gasteiger partial charge is 0.186 e. The lowest BCUT2D eigenvalue weighted by molar-refractivity contribution is 0.370. The van der Waals surface area contributed by atoms with Crippen molar-refractivity contribution < 1.29 is 4.52 Å². The van der Waals surface area contributed by atoms with Crippen molar-refractivity contribution >= 4 is 0 Å². The molecule has 19 heavy (non-hydrogen) atoms. The molecule has 0 bridgehead atoms. The van der Waals surface area contributed by atoms with Crippen LogP contribution in [-0.4, -0.2) is 19.9 Å². The van der Waals surface area contributed by atoms with Crippen molar-refractivity contribution in [2.24, 2.45) is 5.92 Å². The zero-order chi connectivity index (χ0) is 13.2. The molecule has 0 saturated carbocycles. The molecule has 1 aliphatic heterocycles. The molecule has 0 fully saturated rings. The summed E-state index contributed by atoms with van der Waals surface area (Å²) in [6, 6.07) is 2.00. The van der Waals surface area contributed by atoms with E-state index in [1.165, 1.54) is 19.3 Å². The molecule has 0 N–H and O–H groups in total. The summed E-state index contributed by atoms with van der Waals surface area (Å²) in [5.74, 6) is 3.43. The fraction of sp³-hybridized carbons (Fsp3) is 0.643. The number of rotatable bonds is 3. The van der Waals surface area contributed by atoms with Gasteiger partial charge in [-0.2, -0.15) is 0 Å². The molecule has 2 aromatic rings. The fourth-order valence-electron chi connectivity index (χ4n) is 2.59. The van der Waals surface area contributed by atoms with Crippen LogP contribution in [0.5, 0.6) is 0 Å². The van der Waals surface area contributed by atoms with E-state index in [1.54, 1.807) is 0 Å². The first-order chi connectivity index (χ1) is 9.24. The molecule has 0 atom stereocenters. The second-order valence-corrected chi connectivity index (χ2v) is 5.68. The maximum Gasteiger partial charge on any atom is 0.186 e. The first kappa shape index (κ1) is 12.4. The minimum absolute atomic E-state index is 0.566. The molecular weight excluding hydrogens is 240 g/mol. The number of aryl methyl sites for hydroxylation is 1. The van der Waals surface area contributed by atoms with Gasteiger partial charge in [0.15, 0.2) is 11.5 Å². The monoisotopic (exact) mass is 260 g/mol. The molecule has 5 nitrogen and oxygen atoms in total. The van der Waals surface area contributed by atoms with Gasteiger partial charge in [0.25, 0.3) is 0 Å². The van der Waals surface area contributed by atoms with E-state index < -0.39 is 0 Å². The van der Waals surface area contributed by atoms with E-state index in [0.29, 0.717) is 5.92 Å². The van der Waals surface area contributed by atoms with Crippen molar-refractivity contribution in [3.05, 3.63) is 17.7 Å². The van der Waals surface area contributed by atoms with Crippen molar-refractivity contribution in [3.8, 4) is 11.5 Å². The van der Waals surface area contributed by atoms with Crippen LogP contribution >= 0.6 is 0 Å². The summed E-state index contributed by atoms with van der Waals surface area (Å²) >= 11 is 0. The van der Waals surface area contributed by atoms with Gasteiger partial charge in [0.05, 0.1) is 0 Å². The Bertz CT molecular complexity index is 556. The van der Waals surface area contributed by atoms with Gasteiger partial charge in [-0.25, -0.2) is 0 Å². The van der Waals surface area contributed by atoms with Crippen LogP contribution in [0.1, 0.15) is 44.7 Å². The molecule has 1 aliphatic rings. The molecule has 5 heteroatoms. The topological polar surface area (TPSA) is 56.7 Å². The Hall–Kier alpha value is -1.65. The summed E-state index contributed by atoms with van der Waals surface area (Å²) < 4.78 is 7.59. The van der Waals surface area contributed by atoms with Gasteiger partial charge >= 0.3 is 0 Å². The van der Waals surface area contributed by atoms with E-state index in [-0.39, 0.29) is 0 Å². The Kier molecular flexibility index (Phi) is 3.36. The second kappa shape index (κ2) is 5.15. The summed E-state index contributed by atoms with van der Waals surface area (Å²) in [5, 5.41) is 12.7. The fourth-order valence-corrected chi connectivity index (χ4v) is 2.59. The predicted octanol–water partition coefficient (Wildman–Crippen LogP) is 2.86. The van der Waals surface area contributed by atoms with Crippen LogP contribution in [0.3, 0.4) is 0 Å². The molecule has 0 aromatic carbocycles. The lowest BCUT2D eigenvalue weighted by atomic mass is 10.1. The molecule has 0 radical (unpaired) electrons. The lowest BCUT2D eigenvalue weighted by Gasteiger charge is -2.03. The summed E-state index contributed by atoms with van der Waals surface area (Å²) in [4.78, 5) is 0. The van der Waals surface area contributed by atoms with Gasteiger partial charge in [0.2, 0.25) is 0 Å². The van der Waals surface area contributed by atoms with Gasteiger partial charge in [-0.15, -0.1) is 10.2 Å². The van der Waals surface area contributed by atoms with Crippen LogP contribution in [0.25, 0.3) is 11.5 Å². The van der Waals surface area contributed by atoms with E-state index in [2.05, 4.69) is 33.8 Å². The summed E-state index contributed by atoms with van der Waals surface area (Å²) in [5.41, 5.74) is 0.816.